The molecular formula is C18H20BNO4. The number of nitrogens with zero attached hydrogens (tertiary/aromatic N) is 1. The Morgan fingerprint density at radius 3 is 2.67 bits per heavy atom. The third-order valence-corrected chi connectivity index (χ3v) is 3.99. The van der Waals surface area contributed by atoms with Gasteiger partial charge in [0.05, 0.1) is 20.0 Å². The van der Waals surface area contributed by atoms with Crippen LogP contribution in [0.1, 0.15) is 18.1 Å². The van der Waals surface area contributed by atoms with E-state index in [2.05, 4.69) is 4.98 Å². The summed E-state index contributed by atoms with van der Waals surface area (Å²) < 4.78 is 16.2. The summed E-state index contributed by atoms with van der Waals surface area (Å²) in [4.78, 5) is 4.34. The average Bonchev–Trinajstić information content (AvgIpc) is 3.03. The molecule has 0 amide bonds. The second-order valence-corrected chi connectivity index (χ2v) is 5.65. The number of methoxy groups -OCH3 is 1. The zero-order valence-electron chi connectivity index (χ0n) is 14.1. The quantitative estimate of drug-likeness (QED) is 0.855. The zero-order valence-corrected chi connectivity index (χ0v) is 14.1. The molecule has 24 heavy (non-hydrogen) atoms. The second-order valence-electron chi connectivity index (χ2n) is 5.65. The standard InChI is InChI=1S/C18H20BNO4/c1-4-23-18-7-16(12(2)5-17(18)22-3)14-6-13(9-20-10-14)15-8-19(21)24-11-15/h5-7,9-11,21H,4,8H2,1-3H3. The molecule has 124 valence electrons. The fourth-order valence-corrected chi connectivity index (χ4v) is 2.79. The van der Waals surface area contributed by atoms with Crippen molar-refractivity contribution in [1.29, 1.82) is 0 Å². The molecule has 3 rings (SSSR count). The number of ether oxygens (including phenoxy) is 2. The van der Waals surface area contributed by atoms with Crippen molar-refractivity contribution in [3.8, 4) is 22.6 Å². The van der Waals surface area contributed by atoms with Crippen molar-refractivity contribution in [3.63, 3.8) is 0 Å². The maximum Gasteiger partial charge on any atom is 0.526 e. The predicted octanol–water partition coefficient (Wildman–Crippen LogP) is 3.32. The summed E-state index contributed by atoms with van der Waals surface area (Å²) in [5.41, 5.74) is 4.97. The lowest BCUT2D eigenvalue weighted by atomic mass is 9.82. The van der Waals surface area contributed by atoms with Gasteiger partial charge in [0.2, 0.25) is 0 Å². The van der Waals surface area contributed by atoms with Crippen molar-refractivity contribution in [2.45, 2.75) is 20.2 Å². The van der Waals surface area contributed by atoms with Gasteiger partial charge in [0, 0.05) is 24.3 Å². The topological polar surface area (TPSA) is 60.8 Å². The number of hydrogen-bond donors (Lipinski definition) is 1. The van der Waals surface area contributed by atoms with E-state index < -0.39 is 7.12 Å². The smallest absolute Gasteiger partial charge is 0.526 e. The van der Waals surface area contributed by atoms with Crippen LogP contribution in [0.3, 0.4) is 0 Å². The van der Waals surface area contributed by atoms with Crippen LogP contribution in [0.2, 0.25) is 6.32 Å². The summed E-state index contributed by atoms with van der Waals surface area (Å²) in [7, 11) is 0.868. The van der Waals surface area contributed by atoms with E-state index in [1.807, 2.05) is 38.2 Å². The van der Waals surface area contributed by atoms with Crippen LogP contribution in [0.15, 0.2) is 36.9 Å². The van der Waals surface area contributed by atoms with Crippen molar-refractivity contribution >= 4 is 12.7 Å². The number of benzene rings is 1. The molecule has 0 saturated carbocycles. The number of aryl methyl sites for hydroxylation is 1. The van der Waals surface area contributed by atoms with Gasteiger partial charge in [-0.2, -0.15) is 0 Å². The molecule has 0 atom stereocenters. The summed E-state index contributed by atoms with van der Waals surface area (Å²) in [6.07, 6.45) is 5.66. The Morgan fingerprint density at radius 1 is 1.21 bits per heavy atom. The van der Waals surface area contributed by atoms with Crippen molar-refractivity contribution in [1.82, 2.24) is 4.98 Å². The highest BCUT2D eigenvalue weighted by Gasteiger charge is 2.24. The van der Waals surface area contributed by atoms with E-state index >= 15 is 0 Å². The molecule has 0 saturated heterocycles. The molecule has 0 fully saturated rings. The van der Waals surface area contributed by atoms with Crippen molar-refractivity contribution in [2.24, 2.45) is 0 Å². The van der Waals surface area contributed by atoms with Gasteiger partial charge in [-0.05, 0) is 54.3 Å². The monoisotopic (exact) mass is 325 g/mol. The Bertz CT molecular complexity index is 776. The third kappa shape index (κ3) is 3.24. The summed E-state index contributed by atoms with van der Waals surface area (Å²) >= 11 is 0. The highest BCUT2D eigenvalue weighted by molar-refractivity contribution is 6.47. The molecule has 5 nitrogen and oxygen atoms in total. The molecule has 0 radical (unpaired) electrons. The van der Waals surface area contributed by atoms with Gasteiger partial charge in [-0.15, -0.1) is 0 Å². The van der Waals surface area contributed by atoms with Crippen LogP contribution >= 0.6 is 0 Å². The van der Waals surface area contributed by atoms with E-state index in [0.29, 0.717) is 18.7 Å². The highest BCUT2D eigenvalue weighted by atomic mass is 16.5. The van der Waals surface area contributed by atoms with E-state index in [0.717, 1.165) is 33.6 Å². The molecule has 2 aromatic rings. The lowest BCUT2D eigenvalue weighted by Gasteiger charge is -2.14. The molecule has 1 N–H and O–H groups in total. The molecule has 0 bridgehead atoms. The first-order valence-electron chi connectivity index (χ1n) is 7.92. The number of rotatable bonds is 5. The van der Waals surface area contributed by atoms with Crippen LogP contribution in [0.4, 0.5) is 0 Å². The van der Waals surface area contributed by atoms with Crippen molar-refractivity contribution < 1.29 is 19.2 Å². The Kier molecular flexibility index (Phi) is 4.76. The first kappa shape index (κ1) is 16.4. The fourth-order valence-electron chi connectivity index (χ4n) is 2.79. The molecule has 0 unspecified atom stereocenters. The average molecular weight is 325 g/mol. The van der Waals surface area contributed by atoms with Gasteiger partial charge >= 0.3 is 7.12 Å². The van der Waals surface area contributed by atoms with Gasteiger partial charge in [-0.3, -0.25) is 4.98 Å². The van der Waals surface area contributed by atoms with Crippen molar-refractivity contribution in [2.75, 3.05) is 13.7 Å². The lowest BCUT2D eigenvalue weighted by Crippen LogP contribution is -2.08. The SMILES string of the molecule is CCOc1cc(-c2cncc(C3=COB(O)C3)c2)c(C)cc1OC. The molecule has 2 heterocycles. The van der Waals surface area contributed by atoms with E-state index in [-0.39, 0.29) is 0 Å². The minimum atomic E-state index is -0.768. The molecule has 0 spiro atoms. The molecule has 1 aromatic carbocycles. The predicted molar refractivity (Wildman–Crippen MR) is 94.0 cm³/mol. The van der Waals surface area contributed by atoms with E-state index in [4.69, 9.17) is 14.1 Å². The third-order valence-electron chi connectivity index (χ3n) is 3.99. The normalized spacial score (nSPS) is 13.5. The van der Waals surface area contributed by atoms with Gasteiger partial charge in [-0.1, -0.05) is 0 Å². The van der Waals surface area contributed by atoms with Crippen LogP contribution in [0.5, 0.6) is 11.5 Å². The van der Waals surface area contributed by atoms with Gasteiger partial charge in [0.15, 0.2) is 11.5 Å². The molecule has 1 aromatic heterocycles. The minimum absolute atomic E-state index is 0.469. The fraction of sp³-hybridized carbons (Fsp3) is 0.278. The largest absolute Gasteiger partial charge is 0.542 e. The maximum absolute atomic E-state index is 9.52. The molecule has 1 aliphatic heterocycles. The molecular weight excluding hydrogens is 305 g/mol. The summed E-state index contributed by atoms with van der Waals surface area (Å²) in [5.74, 6) is 1.43. The highest BCUT2D eigenvalue weighted by Crippen LogP contribution is 2.36. The van der Waals surface area contributed by atoms with Crippen LogP contribution < -0.4 is 9.47 Å². The van der Waals surface area contributed by atoms with E-state index in [9.17, 15) is 5.02 Å². The van der Waals surface area contributed by atoms with Crippen LogP contribution in [0, 0.1) is 6.92 Å². The van der Waals surface area contributed by atoms with Crippen LogP contribution in [-0.2, 0) is 4.65 Å². The lowest BCUT2D eigenvalue weighted by molar-refractivity contribution is 0.311. The Morgan fingerprint density at radius 2 is 2.00 bits per heavy atom. The van der Waals surface area contributed by atoms with Crippen LogP contribution in [-0.4, -0.2) is 30.8 Å². The van der Waals surface area contributed by atoms with Gasteiger partial charge in [0.25, 0.3) is 0 Å². The number of hydrogen-bond acceptors (Lipinski definition) is 5. The Labute approximate surface area is 142 Å². The van der Waals surface area contributed by atoms with E-state index in [1.165, 1.54) is 0 Å². The van der Waals surface area contributed by atoms with Crippen LogP contribution in [0.25, 0.3) is 16.7 Å². The Hall–Kier alpha value is -2.47. The van der Waals surface area contributed by atoms with E-state index in [1.54, 1.807) is 19.6 Å². The first-order chi connectivity index (χ1) is 11.6. The maximum atomic E-state index is 9.52. The summed E-state index contributed by atoms with van der Waals surface area (Å²) in [6, 6.07) is 5.99. The minimum Gasteiger partial charge on any atom is -0.542 e. The van der Waals surface area contributed by atoms with Gasteiger partial charge < -0.3 is 19.2 Å². The molecule has 1 aliphatic rings. The zero-order chi connectivity index (χ0) is 17.1. The van der Waals surface area contributed by atoms with Gasteiger partial charge in [-0.25, -0.2) is 0 Å². The number of aromatic nitrogens is 1. The first-order valence-corrected chi connectivity index (χ1v) is 7.92. The molecule has 0 aliphatic carbocycles. The second kappa shape index (κ2) is 6.97. The van der Waals surface area contributed by atoms with Gasteiger partial charge in [0.1, 0.15) is 0 Å². The number of pyridine rings is 1. The van der Waals surface area contributed by atoms with Crippen molar-refractivity contribution in [3.05, 3.63) is 48.0 Å². The Balaban J connectivity index is 2.01. The summed E-state index contributed by atoms with van der Waals surface area (Å²) in [5, 5.41) is 9.52. The number of allylic oxidation sites excluding steroid dienone is 1. The summed E-state index contributed by atoms with van der Waals surface area (Å²) in [6.45, 7) is 4.54. The molecule has 6 heteroatoms.